The Hall–Kier alpha value is -1.91. The van der Waals surface area contributed by atoms with Crippen molar-refractivity contribution in [2.24, 2.45) is 0 Å². The summed E-state index contributed by atoms with van der Waals surface area (Å²) in [5.74, 6) is 1.20. The molecule has 1 unspecified atom stereocenters. The molecule has 0 amide bonds. The van der Waals surface area contributed by atoms with Gasteiger partial charge in [-0.1, -0.05) is 19.0 Å². The molecule has 1 heterocycles. The third-order valence-corrected chi connectivity index (χ3v) is 2.57. The van der Waals surface area contributed by atoms with Crippen LogP contribution in [0, 0.1) is 5.82 Å². The van der Waals surface area contributed by atoms with Crippen molar-refractivity contribution in [1.29, 1.82) is 0 Å². The summed E-state index contributed by atoms with van der Waals surface area (Å²) >= 11 is 0. The van der Waals surface area contributed by atoms with E-state index in [0.717, 1.165) is 5.69 Å². The van der Waals surface area contributed by atoms with Crippen molar-refractivity contribution in [2.45, 2.75) is 32.7 Å². The molecule has 0 aliphatic heterocycles. The van der Waals surface area contributed by atoms with Crippen LogP contribution in [0.2, 0.25) is 0 Å². The van der Waals surface area contributed by atoms with Crippen LogP contribution in [0.25, 0.3) is 0 Å². The highest BCUT2D eigenvalue weighted by molar-refractivity contribution is 5.44. The third kappa shape index (κ3) is 2.85. The molecule has 1 aromatic heterocycles. The molecular formula is C13H16FN3O. The van der Waals surface area contributed by atoms with E-state index in [9.17, 15) is 4.39 Å². The van der Waals surface area contributed by atoms with Gasteiger partial charge in [-0.2, -0.15) is 4.98 Å². The zero-order valence-corrected chi connectivity index (χ0v) is 10.6. The van der Waals surface area contributed by atoms with Crippen LogP contribution in [0.15, 0.2) is 28.8 Å². The Morgan fingerprint density at radius 2 is 1.83 bits per heavy atom. The Bertz CT molecular complexity index is 507. The molecule has 2 aromatic rings. The average molecular weight is 249 g/mol. The number of nitrogens with zero attached hydrogens (tertiary/aromatic N) is 2. The molecule has 0 aliphatic carbocycles. The first-order chi connectivity index (χ1) is 8.56. The SMILES string of the molecule is CC(C)c1noc(C(C)Nc2ccc(F)cc2)n1. The van der Waals surface area contributed by atoms with E-state index in [1.807, 2.05) is 20.8 Å². The van der Waals surface area contributed by atoms with Crippen LogP contribution < -0.4 is 5.32 Å². The van der Waals surface area contributed by atoms with E-state index in [1.54, 1.807) is 12.1 Å². The van der Waals surface area contributed by atoms with Crippen LogP contribution in [0.1, 0.15) is 44.4 Å². The fourth-order valence-corrected chi connectivity index (χ4v) is 1.52. The largest absolute Gasteiger partial charge is 0.374 e. The number of hydrogen-bond acceptors (Lipinski definition) is 4. The number of aromatic nitrogens is 2. The highest BCUT2D eigenvalue weighted by Gasteiger charge is 2.15. The predicted octanol–water partition coefficient (Wildman–Crippen LogP) is 3.51. The Balaban J connectivity index is 2.06. The van der Waals surface area contributed by atoms with Gasteiger partial charge in [-0.05, 0) is 31.2 Å². The standard InChI is InChI=1S/C13H16FN3O/c1-8(2)12-16-13(18-17-12)9(3)15-11-6-4-10(14)5-7-11/h4-9,15H,1-3H3. The maximum absolute atomic E-state index is 12.8. The molecule has 96 valence electrons. The Kier molecular flexibility index (Phi) is 3.60. The molecule has 0 spiro atoms. The lowest BCUT2D eigenvalue weighted by Gasteiger charge is -2.10. The second-order valence-electron chi connectivity index (χ2n) is 4.52. The number of nitrogens with one attached hydrogen (secondary N) is 1. The second-order valence-corrected chi connectivity index (χ2v) is 4.52. The number of rotatable bonds is 4. The molecule has 0 fully saturated rings. The average Bonchev–Trinajstić information content (AvgIpc) is 2.81. The van der Waals surface area contributed by atoms with Crippen molar-refractivity contribution in [1.82, 2.24) is 10.1 Å². The summed E-state index contributed by atoms with van der Waals surface area (Å²) in [7, 11) is 0. The van der Waals surface area contributed by atoms with Crippen molar-refractivity contribution in [2.75, 3.05) is 5.32 Å². The van der Waals surface area contributed by atoms with E-state index in [1.165, 1.54) is 12.1 Å². The minimum Gasteiger partial charge on any atom is -0.374 e. The van der Waals surface area contributed by atoms with Gasteiger partial charge in [0.05, 0.1) is 0 Å². The van der Waals surface area contributed by atoms with Crippen molar-refractivity contribution in [3.63, 3.8) is 0 Å². The van der Waals surface area contributed by atoms with E-state index in [0.29, 0.717) is 11.7 Å². The molecule has 1 atom stereocenters. The molecule has 1 N–H and O–H groups in total. The lowest BCUT2D eigenvalue weighted by molar-refractivity contribution is 0.361. The second kappa shape index (κ2) is 5.16. The van der Waals surface area contributed by atoms with E-state index >= 15 is 0 Å². The van der Waals surface area contributed by atoms with Gasteiger partial charge in [0.2, 0.25) is 5.89 Å². The van der Waals surface area contributed by atoms with Gasteiger partial charge in [0.1, 0.15) is 11.9 Å². The lowest BCUT2D eigenvalue weighted by atomic mass is 10.2. The Morgan fingerprint density at radius 3 is 2.39 bits per heavy atom. The topological polar surface area (TPSA) is 51.0 Å². The van der Waals surface area contributed by atoms with Gasteiger partial charge in [-0.15, -0.1) is 0 Å². The number of anilines is 1. The normalized spacial score (nSPS) is 12.7. The molecule has 2 rings (SSSR count). The minimum atomic E-state index is -0.256. The summed E-state index contributed by atoms with van der Waals surface area (Å²) in [6.07, 6.45) is 0. The molecule has 0 bridgehead atoms. The first-order valence-electron chi connectivity index (χ1n) is 5.92. The molecule has 4 nitrogen and oxygen atoms in total. The molecule has 5 heteroatoms. The van der Waals surface area contributed by atoms with Gasteiger partial charge < -0.3 is 9.84 Å². The van der Waals surface area contributed by atoms with Crippen LogP contribution in [-0.4, -0.2) is 10.1 Å². The van der Waals surface area contributed by atoms with Crippen LogP contribution >= 0.6 is 0 Å². The summed E-state index contributed by atoms with van der Waals surface area (Å²) < 4.78 is 18.0. The van der Waals surface area contributed by atoms with Crippen LogP contribution in [0.4, 0.5) is 10.1 Å². The molecule has 0 saturated carbocycles. The summed E-state index contributed by atoms with van der Waals surface area (Å²) in [6, 6.07) is 6.04. The van der Waals surface area contributed by atoms with Gasteiger partial charge in [-0.25, -0.2) is 4.39 Å². The first-order valence-corrected chi connectivity index (χ1v) is 5.92. The maximum Gasteiger partial charge on any atom is 0.248 e. The Morgan fingerprint density at radius 1 is 1.17 bits per heavy atom. The Labute approximate surface area is 105 Å². The molecule has 0 aliphatic rings. The van der Waals surface area contributed by atoms with E-state index in [4.69, 9.17) is 4.52 Å². The fraction of sp³-hybridized carbons (Fsp3) is 0.385. The zero-order valence-electron chi connectivity index (χ0n) is 10.6. The summed E-state index contributed by atoms with van der Waals surface area (Å²) in [5.41, 5.74) is 0.813. The molecule has 18 heavy (non-hydrogen) atoms. The summed E-state index contributed by atoms with van der Waals surface area (Å²) in [5, 5.41) is 7.08. The predicted molar refractivity (Wildman–Crippen MR) is 66.8 cm³/mol. The highest BCUT2D eigenvalue weighted by atomic mass is 19.1. The van der Waals surface area contributed by atoms with Crippen LogP contribution in [-0.2, 0) is 0 Å². The summed E-state index contributed by atoms with van der Waals surface area (Å²) in [6.45, 7) is 5.93. The van der Waals surface area contributed by atoms with Crippen molar-refractivity contribution in [3.8, 4) is 0 Å². The van der Waals surface area contributed by atoms with E-state index in [2.05, 4.69) is 15.5 Å². The third-order valence-electron chi connectivity index (χ3n) is 2.57. The summed E-state index contributed by atoms with van der Waals surface area (Å²) in [4.78, 5) is 4.31. The minimum absolute atomic E-state index is 0.115. The van der Waals surface area contributed by atoms with Crippen LogP contribution in [0.3, 0.4) is 0 Å². The quantitative estimate of drug-likeness (QED) is 0.900. The number of halogens is 1. The van der Waals surface area contributed by atoms with Gasteiger partial charge in [0.15, 0.2) is 5.82 Å². The van der Waals surface area contributed by atoms with Gasteiger partial charge in [0.25, 0.3) is 0 Å². The van der Waals surface area contributed by atoms with Crippen LogP contribution in [0.5, 0.6) is 0 Å². The molecular weight excluding hydrogens is 233 g/mol. The van der Waals surface area contributed by atoms with Gasteiger partial charge >= 0.3 is 0 Å². The maximum atomic E-state index is 12.8. The first kappa shape index (κ1) is 12.5. The monoisotopic (exact) mass is 249 g/mol. The molecule has 0 radical (unpaired) electrons. The molecule has 1 aromatic carbocycles. The van der Waals surface area contributed by atoms with Crippen molar-refractivity contribution in [3.05, 3.63) is 41.8 Å². The fourth-order valence-electron chi connectivity index (χ4n) is 1.52. The van der Waals surface area contributed by atoms with Crippen molar-refractivity contribution < 1.29 is 8.91 Å². The number of benzene rings is 1. The number of hydrogen-bond donors (Lipinski definition) is 1. The smallest absolute Gasteiger partial charge is 0.248 e. The van der Waals surface area contributed by atoms with Gasteiger partial charge in [-0.3, -0.25) is 0 Å². The van der Waals surface area contributed by atoms with Gasteiger partial charge in [0, 0.05) is 11.6 Å². The van der Waals surface area contributed by atoms with Crippen molar-refractivity contribution >= 4 is 5.69 Å². The zero-order chi connectivity index (χ0) is 13.1. The highest BCUT2D eigenvalue weighted by Crippen LogP contribution is 2.19. The lowest BCUT2D eigenvalue weighted by Crippen LogP contribution is -2.07. The van der Waals surface area contributed by atoms with E-state index in [-0.39, 0.29) is 17.8 Å². The van der Waals surface area contributed by atoms with E-state index < -0.39 is 0 Å². The molecule has 0 saturated heterocycles.